The molecule has 0 aromatic heterocycles. The molecule has 0 aliphatic heterocycles. The topological polar surface area (TPSA) is 95.9 Å². The van der Waals surface area contributed by atoms with Gasteiger partial charge in [-0.3, -0.25) is 9.59 Å². The monoisotopic (exact) mass is 876 g/mol. The number of rotatable bonds is 51. The number of amides is 1. The zero-order valence-corrected chi connectivity index (χ0v) is 42.0. The smallest absolute Gasteiger partial charge is 0.306 e. The summed E-state index contributed by atoms with van der Waals surface area (Å²) in [6.07, 6.45) is 57.1. The van der Waals surface area contributed by atoms with Crippen molar-refractivity contribution in [2.75, 3.05) is 6.61 Å². The van der Waals surface area contributed by atoms with Gasteiger partial charge in [0.2, 0.25) is 5.91 Å². The summed E-state index contributed by atoms with van der Waals surface area (Å²) in [6, 6.07) is -0.700. The zero-order chi connectivity index (χ0) is 45.2. The van der Waals surface area contributed by atoms with Crippen molar-refractivity contribution in [1.29, 1.82) is 0 Å². The molecule has 0 aromatic rings. The van der Waals surface area contributed by atoms with Crippen molar-refractivity contribution in [3.05, 3.63) is 12.2 Å². The Balaban J connectivity index is 4.40. The fourth-order valence-electron chi connectivity index (χ4n) is 8.84. The number of carbonyl (C=O) groups excluding carboxylic acids is 2. The van der Waals surface area contributed by atoms with Crippen LogP contribution in [-0.2, 0) is 14.3 Å². The van der Waals surface area contributed by atoms with E-state index in [1.165, 1.54) is 199 Å². The third-order valence-corrected chi connectivity index (χ3v) is 13.1. The third-order valence-electron chi connectivity index (χ3n) is 13.1. The Kier molecular flexibility index (Phi) is 49.5. The first kappa shape index (κ1) is 60.6. The van der Waals surface area contributed by atoms with Crippen LogP contribution in [0.25, 0.3) is 0 Å². The Morgan fingerprint density at radius 1 is 0.452 bits per heavy atom. The molecule has 3 N–H and O–H groups in total. The van der Waals surface area contributed by atoms with Crippen molar-refractivity contribution < 1.29 is 24.5 Å². The van der Waals surface area contributed by atoms with E-state index in [0.29, 0.717) is 19.3 Å². The quantitative estimate of drug-likeness (QED) is 0.0321. The van der Waals surface area contributed by atoms with Gasteiger partial charge in [-0.2, -0.15) is 0 Å². The van der Waals surface area contributed by atoms with Crippen LogP contribution < -0.4 is 5.32 Å². The highest BCUT2D eigenvalue weighted by Gasteiger charge is 2.24. The largest absolute Gasteiger partial charge is 0.462 e. The number of hydrogen-bond acceptors (Lipinski definition) is 5. The lowest BCUT2D eigenvalue weighted by Crippen LogP contribution is -2.46. The average Bonchev–Trinajstić information content (AvgIpc) is 3.26. The van der Waals surface area contributed by atoms with Gasteiger partial charge in [0.25, 0.3) is 0 Å². The summed E-state index contributed by atoms with van der Waals surface area (Å²) < 4.78 is 5.93. The Morgan fingerprint density at radius 3 is 1.18 bits per heavy atom. The molecule has 0 rings (SSSR count). The van der Waals surface area contributed by atoms with E-state index in [4.69, 9.17) is 4.74 Å². The highest BCUT2D eigenvalue weighted by Crippen LogP contribution is 2.19. The molecule has 1 amide bonds. The Labute approximate surface area is 387 Å². The summed E-state index contributed by atoms with van der Waals surface area (Å²) in [6.45, 7) is 6.49. The summed E-state index contributed by atoms with van der Waals surface area (Å²) in [5, 5.41) is 23.8. The molecular formula is C56H109NO5. The molecule has 0 saturated carbocycles. The van der Waals surface area contributed by atoms with E-state index in [9.17, 15) is 19.8 Å². The van der Waals surface area contributed by atoms with Gasteiger partial charge >= 0.3 is 5.97 Å². The first-order valence-corrected chi connectivity index (χ1v) is 27.9. The van der Waals surface area contributed by atoms with Gasteiger partial charge in [-0.25, -0.2) is 0 Å². The van der Waals surface area contributed by atoms with Gasteiger partial charge < -0.3 is 20.3 Å². The van der Waals surface area contributed by atoms with Gasteiger partial charge in [0.1, 0.15) is 6.10 Å². The van der Waals surface area contributed by atoms with Gasteiger partial charge in [-0.15, -0.1) is 0 Å². The maximum Gasteiger partial charge on any atom is 0.306 e. The predicted molar refractivity (Wildman–Crippen MR) is 269 cm³/mol. The predicted octanol–water partition coefficient (Wildman–Crippen LogP) is 16.9. The van der Waals surface area contributed by atoms with E-state index in [2.05, 4.69) is 38.2 Å². The van der Waals surface area contributed by atoms with E-state index >= 15 is 0 Å². The second kappa shape index (κ2) is 50.6. The normalized spacial score (nSPS) is 13.2. The van der Waals surface area contributed by atoms with Crippen molar-refractivity contribution >= 4 is 11.9 Å². The molecule has 0 aliphatic carbocycles. The number of aliphatic hydroxyl groups excluding tert-OH is 2. The lowest BCUT2D eigenvalue weighted by molar-refractivity contribution is -0.151. The lowest BCUT2D eigenvalue weighted by atomic mass is 10.0. The van der Waals surface area contributed by atoms with Crippen molar-refractivity contribution in [3.63, 3.8) is 0 Å². The minimum Gasteiger partial charge on any atom is -0.462 e. The van der Waals surface area contributed by atoms with Gasteiger partial charge in [0.15, 0.2) is 0 Å². The molecule has 0 heterocycles. The molecule has 0 bridgehead atoms. The number of unbranched alkanes of at least 4 members (excludes halogenated alkanes) is 37. The van der Waals surface area contributed by atoms with Crippen LogP contribution in [0.4, 0.5) is 0 Å². The number of aliphatic hydroxyl groups is 2. The van der Waals surface area contributed by atoms with E-state index in [-0.39, 0.29) is 24.9 Å². The minimum absolute atomic E-state index is 0.0738. The van der Waals surface area contributed by atoms with E-state index in [1.54, 1.807) is 0 Å². The van der Waals surface area contributed by atoms with Crippen molar-refractivity contribution in [1.82, 2.24) is 5.32 Å². The average molecular weight is 876 g/mol. The van der Waals surface area contributed by atoms with Crippen molar-refractivity contribution in [3.8, 4) is 0 Å². The van der Waals surface area contributed by atoms with Crippen LogP contribution in [0.5, 0.6) is 0 Å². The molecule has 0 fully saturated rings. The second-order valence-electron chi connectivity index (χ2n) is 19.3. The van der Waals surface area contributed by atoms with Crippen LogP contribution in [0, 0.1) is 0 Å². The van der Waals surface area contributed by atoms with Crippen LogP contribution in [-0.4, -0.2) is 46.9 Å². The lowest BCUT2D eigenvalue weighted by Gasteiger charge is -2.24. The molecule has 6 nitrogen and oxygen atoms in total. The fourth-order valence-corrected chi connectivity index (χ4v) is 8.84. The number of carbonyl (C=O) groups is 2. The van der Waals surface area contributed by atoms with Crippen LogP contribution in [0.15, 0.2) is 12.2 Å². The first-order valence-electron chi connectivity index (χ1n) is 27.9. The van der Waals surface area contributed by atoms with Crippen LogP contribution in [0.3, 0.4) is 0 Å². The van der Waals surface area contributed by atoms with Crippen LogP contribution >= 0.6 is 0 Å². The Bertz CT molecular complexity index is 939. The maximum atomic E-state index is 13.2. The Morgan fingerprint density at radius 2 is 0.774 bits per heavy atom. The fraction of sp³-hybridized carbons (Fsp3) is 0.929. The number of nitrogens with one attached hydrogen (secondary N) is 1. The minimum atomic E-state index is -0.786. The van der Waals surface area contributed by atoms with Gasteiger partial charge in [-0.05, 0) is 51.4 Å². The van der Waals surface area contributed by atoms with Gasteiger partial charge in [0.05, 0.1) is 25.2 Å². The van der Waals surface area contributed by atoms with Gasteiger partial charge in [-0.1, -0.05) is 258 Å². The first-order chi connectivity index (χ1) is 30.5. The standard InChI is InChI=1S/C56H109NO5/c1-4-7-10-13-16-19-22-24-26-28-30-32-34-37-40-43-46-49-56(61)62-52(47-44-41-38-35-21-18-15-12-9-6-3)50-55(60)57-53(51-58)54(59)48-45-42-39-36-33-31-29-27-25-23-20-17-14-11-8-5-2/h18,21,52-54,58-59H,4-17,19-20,22-51H2,1-3H3,(H,57,60)/b21-18-. The highest BCUT2D eigenvalue weighted by molar-refractivity contribution is 5.77. The molecule has 0 aliphatic rings. The van der Waals surface area contributed by atoms with E-state index in [0.717, 1.165) is 64.2 Å². The zero-order valence-electron chi connectivity index (χ0n) is 42.0. The van der Waals surface area contributed by atoms with Crippen LogP contribution in [0.2, 0.25) is 0 Å². The molecule has 0 aromatic carbocycles. The summed E-state index contributed by atoms with van der Waals surface area (Å²) >= 11 is 0. The van der Waals surface area contributed by atoms with Crippen molar-refractivity contribution in [2.24, 2.45) is 0 Å². The molecule has 62 heavy (non-hydrogen) atoms. The van der Waals surface area contributed by atoms with Crippen molar-refractivity contribution in [2.45, 2.75) is 328 Å². The maximum absolute atomic E-state index is 13.2. The molecule has 368 valence electrons. The summed E-state index contributed by atoms with van der Waals surface area (Å²) in [5.41, 5.74) is 0. The van der Waals surface area contributed by atoms with Gasteiger partial charge in [0, 0.05) is 6.42 Å². The summed E-state index contributed by atoms with van der Waals surface area (Å²) in [5.74, 6) is -0.471. The van der Waals surface area contributed by atoms with E-state index in [1.807, 2.05) is 0 Å². The SMILES string of the molecule is CCCCC/C=C\CCCCCC(CC(=O)NC(CO)C(O)CCCCCCCCCCCCCCCCCC)OC(=O)CCCCCCCCCCCCCCCCCCC. The molecule has 3 unspecified atom stereocenters. The van der Waals surface area contributed by atoms with E-state index < -0.39 is 18.2 Å². The Hall–Kier alpha value is -1.40. The number of hydrogen-bond donors (Lipinski definition) is 3. The number of ether oxygens (including phenoxy) is 1. The summed E-state index contributed by atoms with van der Waals surface area (Å²) in [7, 11) is 0. The molecule has 0 spiro atoms. The molecule has 6 heteroatoms. The number of esters is 1. The highest BCUT2D eigenvalue weighted by atomic mass is 16.5. The second-order valence-corrected chi connectivity index (χ2v) is 19.3. The third kappa shape index (κ3) is 45.2. The molecule has 3 atom stereocenters. The molecular weight excluding hydrogens is 767 g/mol. The number of allylic oxidation sites excluding steroid dienone is 2. The molecule has 0 saturated heterocycles. The summed E-state index contributed by atoms with van der Waals surface area (Å²) in [4.78, 5) is 26.2. The van der Waals surface area contributed by atoms with Crippen LogP contribution in [0.1, 0.15) is 310 Å². The molecule has 0 radical (unpaired) electrons.